The number of nitrogens with zero attached hydrogens (tertiary/aromatic N) is 1. The fourth-order valence-corrected chi connectivity index (χ4v) is 7.76. The van der Waals surface area contributed by atoms with Gasteiger partial charge in [-0.25, -0.2) is 4.98 Å². The van der Waals surface area contributed by atoms with Crippen molar-refractivity contribution in [3.8, 4) is 22.3 Å². The standard InChI is InChI=1S/C36H39NO7S/c1-4-6-24-7-5-8-27-19-30(42-32(24)27)34-37-31-28(43-35(40)25-13-9-22(10-14-25)20(2)38)17-18-29(33(31)45-34)44-36(41)26-15-11-23(12-16-26)21(3)39/h5,7-8,17-19,22-23,25-26H,4,6,9-16H2,1-3H3. The third-order valence-corrected chi connectivity index (χ3v) is 10.6. The number of ether oxygens (including phenoxy) is 2. The van der Waals surface area contributed by atoms with Crippen LogP contribution in [0, 0.1) is 23.7 Å². The van der Waals surface area contributed by atoms with Gasteiger partial charge in [-0.3, -0.25) is 19.2 Å². The molecule has 9 heteroatoms. The molecule has 0 amide bonds. The van der Waals surface area contributed by atoms with E-state index < -0.39 is 0 Å². The lowest BCUT2D eigenvalue weighted by Crippen LogP contribution is -2.28. The summed E-state index contributed by atoms with van der Waals surface area (Å²) in [7, 11) is 0. The number of aryl methyl sites for hydroxylation is 1. The normalized spacial score (nSPS) is 21.9. The maximum atomic E-state index is 13.3. The number of thiazole rings is 1. The maximum Gasteiger partial charge on any atom is 0.314 e. The van der Waals surface area contributed by atoms with Crippen molar-refractivity contribution >= 4 is 56.0 Å². The van der Waals surface area contributed by atoms with E-state index in [0.717, 1.165) is 29.4 Å². The lowest BCUT2D eigenvalue weighted by atomic mass is 9.80. The molecule has 2 saturated carbocycles. The molecule has 6 rings (SSSR count). The minimum atomic E-state index is -0.340. The quantitative estimate of drug-likeness (QED) is 0.134. The van der Waals surface area contributed by atoms with Crippen molar-refractivity contribution < 1.29 is 33.1 Å². The number of furan rings is 1. The molecule has 236 valence electrons. The Balaban J connectivity index is 1.31. The molecule has 2 heterocycles. The highest BCUT2D eigenvalue weighted by molar-refractivity contribution is 7.22. The zero-order valence-electron chi connectivity index (χ0n) is 26.1. The average molecular weight is 630 g/mol. The van der Waals surface area contributed by atoms with Crippen LogP contribution in [0.4, 0.5) is 0 Å². The van der Waals surface area contributed by atoms with Gasteiger partial charge in [0, 0.05) is 17.2 Å². The zero-order valence-corrected chi connectivity index (χ0v) is 26.9. The largest absolute Gasteiger partial charge is 0.453 e. The highest BCUT2D eigenvalue weighted by atomic mass is 32.1. The summed E-state index contributed by atoms with van der Waals surface area (Å²) >= 11 is 1.33. The van der Waals surface area contributed by atoms with E-state index in [2.05, 4.69) is 13.0 Å². The van der Waals surface area contributed by atoms with E-state index in [1.54, 1.807) is 26.0 Å². The molecule has 4 aromatic rings. The number of hydrogen-bond acceptors (Lipinski definition) is 9. The molecule has 0 radical (unpaired) electrons. The number of fused-ring (bicyclic) bond motifs is 2. The third kappa shape index (κ3) is 6.59. The summed E-state index contributed by atoms with van der Waals surface area (Å²) in [5, 5.41) is 1.57. The first-order valence-electron chi connectivity index (χ1n) is 16.1. The molecule has 0 bridgehead atoms. The van der Waals surface area contributed by atoms with Crippen LogP contribution in [0.2, 0.25) is 0 Å². The Morgan fingerprint density at radius 3 is 1.93 bits per heavy atom. The maximum absolute atomic E-state index is 13.3. The summed E-state index contributed by atoms with van der Waals surface area (Å²) < 4.78 is 18.9. The summed E-state index contributed by atoms with van der Waals surface area (Å²) in [5.41, 5.74) is 2.39. The van der Waals surface area contributed by atoms with Gasteiger partial charge in [0.05, 0.1) is 11.8 Å². The summed E-state index contributed by atoms with van der Waals surface area (Å²) in [6.45, 7) is 5.35. The van der Waals surface area contributed by atoms with Crippen LogP contribution in [0.25, 0.3) is 32.0 Å². The van der Waals surface area contributed by atoms with Crippen LogP contribution < -0.4 is 9.47 Å². The van der Waals surface area contributed by atoms with Gasteiger partial charge in [0.15, 0.2) is 22.3 Å². The van der Waals surface area contributed by atoms with Gasteiger partial charge < -0.3 is 13.9 Å². The molecule has 45 heavy (non-hydrogen) atoms. The second-order valence-electron chi connectivity index (χ2n) is 12.6. The molecule has 0 atom stereocenters. The summed E-state index contributed by atoms with van der Waals surface area (Å²) in [6.07, 6.45) is 7.06. The van der Waals surface area contributed by atoms with E-state index in [0.29, 0.717) is 83.9 Å². The number of ketones is 2. The fraction of sp³-hybridized carbons (Fsp3) is 0.472. The van der Waals surface area contributed by atoms with E-state index in [1.165, 1.54) is 11.3 Å². The second kappa shape index (κ2) is 13.3. The number of rotatable bonds is 9. The molecule has 8 nitrogen and oxygen atoms in total. The van der Waals surface area contributed by atoms with Crippen molar-refractivity contribution in [3.63, 3.8) is 0 Å². The first kappa shape index (κ1) is 31.1. The van der Waals surface area contributed by atoms with Crippen LogP contribution in [0.3, 0.4) is 0 Å². The number of para-hydroxylation sites is 1. The SMILES string of the molecule is CCCc1cccc2cc(-c3nc4c(OC(=O)C5CCC(C(C)=O)CC5)ccc(OC(=O)C5CCC(C(C)=O)CC5)c4s3)oc12. The van der Waals surface area contributed by atoms with Crippen molar-refractivity contribution in [2.75, 3.05) is 0 Å². The number of hydrogen-bond donors (Lipinski definition) is 0. The van der Waals surface area contributed by atoms with Gasteiger partial charge in [-0.1, -0.05) is 31.5 Å². The number of Topliss-reactive ketones (excluding diaryl/α,β-unsaturated/α-hetero) is 2. The van der Waals surface area contributed by atoms with E-state index in [9.17, 15) is 19.2 Å². The minimum absolute atomic E-state index is 0.00925. The van der Waals surface area contributed by atoms with Crippen molar-refractivity contribution in [1.82, 2.24) is 4.98 Å². The molecule has 0 unspecified atom stereocenters. The molecule has 0 spiro atoms. The highest BCUT2D eigenvalue weighted by Gasteiger charge is 2.32. The van der Waals surface area contributed by atoms with Gasteiger partial charge in [0.1, 0.15) is 27.4 Å². The fourth-order valence-electron chi connectivity index (χ4n) is 6.78. The first-order valence-corrected chi connectivity index (χ1v) is 16.9. The van der Waals surface area contributed by atoms with Crippen LogP contribution in [0.1, 0.15) is 84.1 Å². The average Bonchev–Trinajstić information content (AvgIpc) is 3.69. The minimum Gasteiger partial charge on any atom is -0.453 e. The van der Waals surface area contributed by atoms with Crippen LogP contribution in [-0.4, -0.2) is 28.5 Å². The summed E-state index contributed by atoms with van der Waals surface area (Å²) in [6, 6.07) is 11.4. The Morgan fingerprint density at radius 1 is 0.800 bits per heavy atom. The highest BCUT2D eigenvalue weighted by Crippen LogP contribution is 2.43. The third-order valence-electron chi connectivity index (χ3n) is 9.52. The molecular formula is C36H39NO7S. The zero-order chi connectivity index (χ0) is 31.7. The smallest absolute Gasteiger partial charge is 0.314 e. The van der Waals surface area contributed by atoms with Gasteiger partial charge in [-0.15, -0.1) is 11.3 Å². The number of esters is 2. The van der Waals surface area contributed by atoms with Crippen LogP contribution >= 0.6 is 11.3 Å². The Bertz CT molecular complexity index is 1670. The summed E-state index contributed by atoms with van der Waals surface area (Å²) in [4.78, 5) is 55.0. The predicted octanol–water partition coefficient (Wildman–Crippen LogP) is 8.26. The van der Waals surface area contributed by atoms with E-state index in [4.69, 9.17) is 18.9 Å². The van der Waals surface area contributed by atoms with Crippen LogP contribution in [0.5, 0.6) is 11.5 Å². The van der Waals surface area contributed by atoms with Crippen molar-refractivity contribution in [2.24, 2.45) is 23.7 Å². The molecule has 2 aliphatic rings. The predicted molar refractivity (Wildman–Crippen MR) is 172 cm³/mol. The Labute approximate surface area is 266 Å². The van der Waals surface area contributed by atoms with Crippen molar-refractivity contribution in [2.45, 2.75) is 85.0 Å². The first-order chi connectivity index (χ1) is 21.7. The Hall–Kier alpha value is -3.85. The van der Waals surface area contributed by atoms with Gasteiger partial charge in [-0.05, 0) is 95.4 Å². The molecule has 0 aliphatic heterocycles. The molecule has 2 aromatic carbocycles. The van der Waals surface area contributed by atoms with Crippen molar-refractivity contribution in [3.05, 3.63) is 42.0 Å². The molecule has 2 aliphatic carbocycles. The monoisotopic (exact) mass is 629 g/mol. The molecular weight excluding hydrogens is 590 g/mol. The van der Waals surface area contributed by atoms with Gasteiger partial charge in [0.25, 0.3) is 0 Å². The van der Waals surface area contributed by atoms with E-state index >= 15 is 0 Å². The number of carbonyl (C=O) groups is 4. The van der Waals surface area contributed by atoms with Gasteiger partial charge in [-0.2, -0.15) is 0 Å². The Morgan fingerprint density at radius 2 is 1.36 bits per heavy atom. The van der Waals surface area contributed by atoms with Crippen molar-refractivity contribution in [1.29, 1.82) is 0 Å². The lowest BCUT2D eigenvalue weighted by Gasteiger charge is -2.25. The lowest BCUT2D eigenvalue weighted by molar-refractivity contribution is -0.141. The van der Waals surface area contributed by atoms with Crippen LogP contribution in [-0.2, 0) is 25.6 Å². The topological polar surface area (TPSA) is 113 Å². The number of aromatic nitrogens is 1. The molecule has 2 aromatic heterocycles. The second-order valence-corrected chi connectivity index (χ2v) is 13.6. The summed E-state index contributed by atoms with van der Waals surface area (Å²) in [5.74, 6) is 0.380. The van der Waals surface area contributed by atoms with E-state index in [-0.39, 0.29) is 47.2 Å². The molecule has 0 saturated heterocycles. The Kier molecular flexibility index (Phi) is 9.17. The van der Waals surface area contributed by atoms with E-state index in [1.807, 2.05) is 18.2 Å². The van der Waals surface area contributed by atoms with Gasteiger partial charge in [0.2, 0.25) is 0 Å². The number of benzene rings is 2. The van der Waals surface area contributed by atoms with Gasteiger partial charge >= 0.3 is 11.9 Å². The van der Waals surface area contributed by atoms with Crippen LogP contribution in [0.15, 0.2) is 40.8 Å². The number of carbonyl (C=O) groups excluding carboxylic acids is 4. The molecule has 0 N–H and O–H groups in total. The molecule has 2 fully saturated rings.